The fourth-order valence-electron chi connectivity index (χ4n) is 2.32. The van der Waals surface area contributed by atoms with Crippen molar-refractivity contribution in [3.05, 3.63) is 29.8 Å². The Morgan fingerprint density at radius 2 is 1.96 bits per heavy atom. The van der Waals surface area contributed by atoms with E-state index in [4.69, 9.17) is 4.74 Å². The van der Waals surface area contributed by atoms with Crippen LogP contribution in [0.3, 0.4) is 0 Å². The Bertz CT molecular complexity index is 787. The zero-order chi connectivity index (χ0) is 17.8. The molecule has 134 valence electrons. The summed E-state index contributed by atoms with van der Waals surface area (Å²) in [6, 6.07) is 5.36. The van der Waals surface area contributed by atoms with Gasteiger partial charge in [-0.15, -0.1) is 0 Å². The van der Waals surface area contributed by atoms with Gasteiger partial charge >= 0.3 is 5.97 Å². The average Bonchev–Trinajstić information content (AvgIpc) is 2.86. The minimum Gasteiger partial charge on any atom is -0.462 e. The van der Waals surface area contributed by atoms with Crippen LogP contribution in [0.5, 0.6) is 0 Å². The van der Waals surface area contributed by atoms with Crippen LogP contribution in [-0.4, -0.2) is 59.1 Å². The first-order valence-corrected chi connectivity index (χ1v) is 10.6. The van der Waals surface area contributed by atoms with Crippen LogP contribution in [0.15, 0.2) is 29.2 Å². The number of ether oxygens (including phenoxy) is 1. The van der Waals surface area contributed by atoms with Gasteiger partial charge in [-0.25, -0.2) is 30.7 Å². The molecule has 1 fully saturated rings. The summed E-state index contributed by atoms with van der Waals surface area (Å²) in [7, 11) is -7.01. The van der Waals surface area contributed by atoms with E-state index in [2.05, 4.69) is 4.72 Å². The molecule has 0 spiro atoms. The molecule has 8 nitrogen and oxygen atoms in total. The van der Waals surface area contributed by atoms with E-state index < -0.39 is 26.0 Å². The number of hydrogen-bond acceptors (Lipinski definition) is 6. The predicted octanol–water partition coefficient (Wildman–Crippen LogP) is 0.177. The lowest BCUT2D eigenvalue weighted by atomic mass is 10.2. The van der Waals surface area contributed by atoms with Gasteiger partial charge in [0.15, 0.2) is 0 Å². The van der Waals surface area contributed by atoms with Crippen LogP contribution in [-0.2, 0) is 24.8 Å². The van der Waals surface area contributed by atoms with Crippen LogP contribution < -0.4 is 4.72 Å². The molecule has 0 saturated carbocycles. The van der Waals surface area contributed by atoms with Crippen LogP contribution in [0.25, 0.3) is 0 Å². The molecule has 1 heterocycles. The smallest absolute Gasteiger partial charge is 0.338 e. The Morgan fingerprint density at radius 3 is 2.50 bits per heavy atom. The molecule has 0 amide bonds. The van der Waals surface area contributed by atoms with Crippen LogP contribution in [0.2, 0.25) is 0 Å². The van der Waals surface area contributed by atoms with E-state index in [0.717, 1.165) is 0 Å². The fourth-order valence-corrected chi connectivity index (χ4v) is 4.86. The van der Waals surface area contributed by atoms with Crippen LogP contribution in [0.4, 0.5) is 0 Å². The van der Waals surface area contributed by atoms with Crippen molar-refractivity contribution in [2.75, 3.05) is 32.0 Å². The maximum Gasteiger partial charge on any atom is 0.338 e. The molecule has 0 radical (unpaired) electrons. The van der Waals surface area contributed by atoms with Gasteiger partial charge in [-0.2, -0.15) is 0 Å². The number of hydrogen-bond donors (Lipinski definition) is 1. The van der Waals surface area contributed by atoms with Crippen molar-refractivity contribution in [2.24, 2.45) is 0 Å². The fraction of sp³-hybridized carbons (Fsp3) is 0.500. The highest BCUT2D eigenvalue weighted by atomic mass is 32.2. The number of benzene rings is 1. The largest absolute Gasteiger partial charge is 0.462 e. The summed E-state index contributed by atoms with van der Waals surface area (Å²) in [5.74, 6) is -0.414. The lowest BCUT2D eigenvalue weighted by Crippen LogP contribution is -2.35. The van der Waals surface area contributed by atoms with Crippen molar-refractivity contribution in [3.8, 4) is 0 Å². The summed E-state index contributed by atoms with van der Waals surface area (Å²) in [6.45, 7) is 2.42. The van der Waals surface area contributed by atoms with Crippen molar-refractivity contribution in [2.45, 2.75) is 18.2 Å². The van der Waals surface area contributed by atoms with E-state index in [1.165, 1.54) is 28.6 Å². The summed E-state index contributed by atoms with van der Waals surface area (Å²) >= 11 is 0. The highest BCUT2D eigenvalue weighted by Crippen LogP contribution is 2.13. The third kappa shape index (κ3) is 4.53. The molecule has 0 unspecified atom stereocenters. The van der Waals surface area contributed by atoms with Crippen molar-refractivity contribution in [3.63, 3.8) is 0 Å². The molecule has 0 atom stereocenters. The van der Waals surface area contributed by atoms with E-state index in [1.54, 1.807) is 6.92 Å². The molecule has 1 aromatic carbocycles. The van der Waals surface area contributed by atoms with E-state index >= 15 is 0 Å². The number of carbonyl (C=O) groups excluding carboxylic acids is 1. The molecule has 2 rings (SSSR count). The minimum absolute atomic E-state index is 0.000160. The summed E-state index contributed by atoms with van der Waals surface area (Å²) in [6.07, 6.45) is 0.560. The standard InChI is InChI=1S/C14H20N2O6S2/c1-2-22-14(17)12-4-6-13(7-5-12)24(20,21)15-8-10-16-9-3-11-23(16,18)19/h4-7,15H,2-3,8-11H2,1H3. The monoisotopic (exact) mass is 376 g/mol. The molecule has 0 aliphatic carbocycles. The maximum atomic E-state index is 12.2. The first kappa shape index (κ1) is 18.8. The zero-order valence-electron chi connectivity index (χ0n) is 13.3. The molecule has 0 aromatic heterocycles. The van der Waals surface area contributed by atoms with Gasteiger partial charge in [0.25, 0.3) is 0 Å². The highest BCUT2D eigenvalue weighted by Gasteiger charge is 2.28. The van der Waals surface area contributed by atoms with E-state index in [0.29, 0.717) is 13.0 Å². The first-order chi connectivity index (χ1) is 11.3. The van der Waals surface area contributed by atoms with E-state index in [-0.39, 0.29) is 35.9 Å². The van der Waals surface area contributed by atoms with E-state index in [1.807, 2.05) is 0 Å². The predicted molar refractivity (Wildman–Crippen MR) is 87.6 cm³/mol. The number of nitrogens with zero attached hydrogens (tertiary/aromatic N) is 1. The van der Waals surface area contributed by atoms with Crippen molar-refractivity contribution >= 4 is 26.0 Å². The Kier molecular flexibility index (Phi) is 5.97. The third-order valence-corrected chi connectivity index (χ3v) is 6.97. The Morgan fingerprint density at radius 1 is 1.29 bits per heavy atom. The summed E-state index contributed by atoms with van der Waals surface area (Å²) in [5, 5.41) is 0. The van der Waals surface area contributed by atoms with Crippen LogP contribution in [0.1, 0.15) is 23.7 Å². The van der Waals surface area contributed by atoms with Gasteiger partial charge < -0.3 is 4.74 Å². The second-order valence-corrected chi connectivity index (χ2v) is 9.07. The number of nitrogens with one attached hydrogen (secondary N) is 1. The molecule has 24 heavy (non-hydrogen) atoms. The van der Waals surface area contributed by atoms with Gasteiger partial charge in [0.2, 0.25) is 20.0 Å². The molecule has 1 saturated heterocycles. The van der Waals surface area contributed by atoms with Crippen LogP contribution in [0, 0.1) is 0 Å². The second kappa shape index (κ2) is 7.60. The quantitative estimate of drug-likeness (QED) is 0.680. The first-order valence-electron chi connectivity index (χ1n) is 7.51. The average molecular weight is 376 g/mol. The topological polar surface area (TPSA) is 110 Å². The summed E-state index contributed by atoms with van der Waals surface area (Å²) in [4.78, 5) is 11.5. The highest BCUT2D eigenvalue weighted by molar-refractivity contribution is 7.89. The Labute approximate surface area is 141 Å². The van der Waals surface area contributed by atoms with Gasteiger partial charge in [0.05, 0.1) is 22.8 Å². The van der Waals surface area contributed by atoms with Gasteiger partial charge in [0, 0.05) is 19.6 Å². The van der Waals surface area contributed by atoms with Crippen molar-refractivity contribution in [1.29, 1.82) is 0 Å². The SMILES string of the molecule is CCOC(=O)c1ccc(S(=O)(=O)NCCN2CCCS2(=O)=O)cc1. The Hall–Kier alpha value is -1.49. The van der Waals surface area contributed by atoms with Gasteiger partial charge in [-0.3, -0.25) is 0 Å². The van der Waals surface area contributed by atoms with Crippen molar-refractivity contribution in [1.82, 2.24) is 9.03 Å². The van der Waals surface area contributed by atoms with Gasteiger partial charge in [0.1, 0.15) is 0 Å². The molecule has 1 aromatic rings. The van der Waals surface area contributed by atoms with Crippen LogP contribution >= 0.6 is 0 Å². The summed E-state index contributed by atoms with van der Waals surface area (Å²) in [5.41, 5.74) is 0.263. The number of carbonyl (C=O) groups is 1. The molecule has 1 aliphatic heterocycles. The number of sulfonamides is 2. The molecular weight excluding hydrogens is 356 g/mol. The van der Waals surface area contributed by atoms with Gasteiger partial charge in [-0.1, -0.05) is 0 Å². The van der Waals surface area contributed by atoms with Gasteiger partial charge in [-0.05, 0) is 37.6 Å². The number of esters is 1. The summed E-state index contributed by atoms with van der Waals surface area (Å²) < 4.78 is 56.1. The molecule has 10 heteroatoms. The molecule has 0 bridgehead atoms. The minimum atomic E-state index is -3.77. The normalized spacial score (nSPS) is 17.7. The second-order valence-electron chi connectivity index (χ2n) is 5.21. The molecule has 1 aliphatic rings. The zero-order valence-corrected chi connectivity index (χ0v) is 14.9. The van der Waals surface area contributed by atoms with E-state index in [9.17, 15) is 21.6 Å². The molecular formula is C14H20N2O6S2. The van der Waals surface area contributed by atoms with Crippen molar-refractivity contribution < 1.29 is 26.4 Å². The Balaban J connectivity index is 1.96. The maximum absolute atomic E-state index is 12.2. The lowest BCUT2D eigenvalue weighted by molar-refractivity contribution is 0.0526. The molecule has 1 N–H and O–H groups in total. The number of rotatable bonds is 7. The third-order valence-electron chi connectivity index (χ3n) is 3.53. The lowest BCUT2D eigenvalue weighted by Gasteiger charge is -2.14.